The highest BCUT2D eigenvalue weighted by molar-refractivity contribution is 8.00. The molecule has 164 valence electrons. The van der Waals surface area contributed by atoms with Gasteiger partial charge in [0.25, 0.3) is 0 Å². The van der Waals surface area contributed by atoms with E-state index in [2.05, 4.69) is 14.4 Å². The molecule has 1 heterocycles. The fourth-order valence-electron chi connectivity index (χ4n) is 2.54. The average Bonchev–Trinajstić information content (AvgIpc) is 3.20. The quantitative estimate of drug-likeness (QED) is 0.240. The van der Waals surface area contributed by atoms with Crippen molar-refractivity contribution in [3.05, 3.63) is 57.7 Å². The maximum Gasteiger partial charge on any atom is 0.417 e. The first-order valence-corrected chi connectivity index (χ1v) is 10.4. The number of hydrogen-bond donors (Lipinski definition) is 1. The van der Waals surface area contributed by atoms with Crippen LogP contribution in [0.25, 0.3) is 10.6 Å². The van der Waals surface area contributed by atoms with Gasteiger partial charge < -0.3 is 14.2 Å². The summed E-state index contributed by atoms with van der Waals surface area (Å²) in [5, 5.41) is 2.01. The molecule has 0 atom stereocenters. The molecular weight excluding hydrogens is 480 g/mol. The molecule has 0 saturated carbocycles. The van der Waals surface area contributed by atoms with Gasteiger partial charge in [0.2, 0.25) is 0 Å². The molecule has 0 unspecified atom stereocenters. The van der Waals surface area contributed by atoms with Gasteiger partial charge in [-0.2, -0.15) is 13.2 Å². The molecule has 0 aliphatic carbocycles. The molecule has 0 saturated heterocycles. The number of alkyl halides is 3. The van der Waals surface area contributed by atoms with Crippen molar-refractivity contribution in [2.75, 3.05) is 18.9 Å². The number of ether oxygens (including phenoxy) is 2. The summed E-state index contributed by atoms with van der Waals surface area (Å²) in [5.74, 6) is -1.52. The molecular formula is C19H13ClF4N2O3S2. The normalized spacial score (nSPS) is 11.3. The number of esters is 1. The molecule has 0 radical (unpaired) electrons. The number of benzene rings is 2. The number of nitrogens with one attached hydrogen (secondary N) is 1. The fourth-order valence-corrected chi connectivity index (χ4v) is 4.34. The molecule has 12 heteroatoms. The number of anilines is 1. The number of thiazole rings is 1. The van der Waals surface area contributed by atoms with E-state index in [1.807, 2.05) is 0 Å². The zero-order valence-electron chi connectivity index (χ0n) is 15.8. The van der Waals surface area contributed by atoms with Gasteiger partial charge in [0, 0.05) is 34.0 Å². The monoisotopic (exact) mass is 492 g/mol. The van der Waals surface area contributed by atoms with Gasteiger partial charge in [-0.15, -0.1) is 11.3 Å². The lowest BCUT2D eigenvalue weighted by Crippen LogP contribution is -2.07. The first kappa shape index (κ1) is 23.2. The van der Waals surface area contributed by atoms with Crippen LogP contribution < -0.4 is 9.46 Å². The Morgan fingerprint density at radius 1 is 1.23 bits per heavy atom. The lowest BCUT2D eigenvalue weighted by Gasteiger charge is -2.12. The van der Waals surface area contributed by atoms with E-state index in [1.54, 1.807) is 5.38 Å². The van der Waals surface area contributed by atoms with Gasteiger partial charge in [-0.1, -0.05) is 11.6 Å². The van der Waals surface area contributed by atoms with Gasteiger partial charge in [-0.25, -0.2) is 14.2 Å². The Bertz CT molecular complexity index is 1120. The number of aromatic nitrogens is 1. The molecule has 3 aromatic rings. The Labute approximate surface area is 187 Å². The van der Waals surface area contributed by atoms with Gasteiger partial charge in [-0.3, -0.25) is 0 Å². The minimum atomic E-state index is -4.59. The lowest BCUT2D eigenvalue weighted by molar-refractivity contribution is -0.137. The summed E-state index contributed by atoms with van der Waals surface area (Å²) in [6.45, 7) is 0. The second kappa shape index (κ2) is 9.33. The van der Waals surface area contributed by atoms with E-state index in [0.29, 0.717) is 5.03 Å². The lowest BCUT2D eigenvalue weighted by atomic mass is 10.1. The van der Waals surface area contributed by atoms with E-state index >= 15 is 0 Å². The summed E-state index contributed by atoms with van der Waals surface area (Å²) >= 11 is 7.67. The molecule has 0 amide bonds. The van der Waals surface area contributed by atoms with Crippen molar-refractivity contribution in [3.8, 4) is 16.3 Å². The second-order valence-electron chi connectivity index (χ2n) is 5.91. The van der Waals surface area contributed by atoms with Crippen LogP contribution in [0.3, 0.4) is 0 Å². The maximum absolute atomic E-state index is 14.2. The molecule has 0 aliphatic rings. The van der Waals surface area contributed by atoms with E-state index in [9.17, 15) is 22.4 Å². The van der Waals surface area contributed by atoms with Crippen LogP contribution in [0.1, 0.15) is 15.9 Å². The molecule has 31 heavy (non-hydrogen) atoms. The summed E-state index contributed by atoms with van der Waals surface area (Å²) in [6, 6.07) is 5.69. The Kier molecular flexibility index (Phi) is 6.97. The van der Waals surface area contributed by atoms with Crippen molar-refractivity contribution in [2.24, 2.45) is 0 Å². The Morgan fingerprint density at radius 3 is 2.61 bits per heavy atom. The summed E-state index contributed by atoms with van der Waals surface area (Å²) in [7, 11) is 2.46. The van der Waals surface area contributed by atoms with Gasteiger partial charge in [0.1, 0.15) is 21.6 Å². The molecule has 2 aromatic carbocycles. The molecule has 1 aromatic heterocycles. The van der Waals surface area contributed by atoms with E-state index in [-0.39, 0.29) is 32.6 Å². The third kappa shape index (κ3) is 5.23. The van der Waals surface area contributed by atoms with Crippen molar-refractivity contribution < 1.29 is 31.8 Å². The predicted molar refractivity (Wildman–Crippen MR) is 111 cm³/mol. The minimum Gasteiger partial charge on any atom is -0.495 e. The van der Waals surface area contributed by atoms with Crippen LogP contribution in [0.2, 0.25) is 5.02 Å². The third-order valence-corrected chi connectivity index (χ3v) is 5.96. The van der Waals surface area contributed by atoms with E-state index in [0.717, 1.165) is 42.5 Å². The molecule has 0 fully saturated rings. The van der Waals surface area contributed by atoms with E-state index in [4.69, 9.17) is 16.3 Å². The van der Waals surface area contributed by atoms with Crippen LogP contribution in [0.15, 0.2) is 40.7 Å². The first-order valence-electron chi connectivity index (χ1n) is 8.35. The molecule has 1 N–H and O–H groups in total. The standard InChI is InChI=1S/C19H13ClF4N2O3S2/c1-28-15-6-11(18(27)29-2)13(21)7-14(15)26-31-16-8-30-17(25-16)10-4-3-9(20)5-12(10)19(22,23)24/h3-8,26H,1-2H3. The highest BCUT2D eigenvalue weighted by atomic mass is 35.5. The Balaban J connectivity index is 1.84. The van der Waals surface area contributed by atoms with Crippen LogP contribution in [0.5, 0.6) is 5.75 Å². The van der Waals surface area contributed by atoms with Crippen molar-refractivity contribution >= 4 is 46.5 Å². The van der Waals surface area contributed by atoms with Gasteiger partial charge in [-0.05, 0) is 24.3 Å². The summed E-state index contributed by atoms with van der Waals surface area (Å²) in [5.41, 5.74) is -1.08. The smallest absolute Gasteiger partial charge is 0.417 e. The zero-order valence-corrected chi connectivity index (χ0v) is 18.2. The highest BCUT2D eigenvalue weighted by Crippen LogP contribution is 2.40. The molecule has 3 rings (SSSR count). The zero-order chi connectivity index (χ0) is 22.8. The summed E-state index contributed by atoms with van der Waals surface area (Å²) in [6.07, 6.45) is -4.59. The highest BCUT2D eigenvalue weighted by Gasteiger charge is 2.34. The number of halogens is 5. The number of rotatable bonds is 6. The molecule has 0 spiro atoms. The molecule has 0 bridgehead atoms. The largest absolute Gasteiger partial charge is 0.495 e. The van der Waals surface area contributed by atoms with E-state index in [1.165, 1.54) is 25.3 Å². The number of carbonyl (C=O) groups excluding carboxylic acids is 1. The van der Waals surface area contributed by atoms with E-state index < -0.39 is 23.5 Å². The molecule has 0 aliphatic heterocycles. The van der Waals surface area contributed by atoms with Crippen LogP contribution in [-0.2, 0) is 10.9 Å². The Morgan fingerprint density at radius 2 is 1.97 bits per heavy atom. The van der Waals surface area contributed by atoms with Crippen LogP contribution in [0.4, 0.5) is 23.2 Å². The second-order valence-corrected chi connectivity index (χ2v) is 8.03. The number of methoxy groups -OCH3 is 2. The minimum absolute atomic E-state index is 0.0339. The maximum atomic E-state index is 14.2. The SMILES string of the molecule is COC(=O)c1cc(OC)c(NSc2csc(-c3ccc(Cl)cc3C(F)(F)F)n2)cc1F. The topological polar surface area (TPSA) is 60.5 Å². The number of carbonyl (C=O) groups is 1. The van der Waals surface area contributed by atoms with Crippen LogP contribution >= 0.6 is 34.9 Å². The van der Waals surface area contributed by atoms with Gasteiger partial charge >= 0.3 is 12.1 Å². The number of hydrogen-bond acceptors (Lipinski definition) is 7. The van der Waals surface area contributed by atoms with Crippen molar-refractivity contribution in [1.82, 2.24) is 4.98 Å². The number of nitrogens with zero attached hydrogens (tertiary/aromatic N) is 1. The average molecular weight is 493 g/mol. The fraction of sp³-hybridized carbons (Fsp3) is 0.158. The first-order chi connectivity index (χ1) is 14.6. The van der Waals surface area contributed by atoms with Crippen molar-refractivity contribution in [2.45, 2.75) is 11.2 Å². The summed E-state index contributed by atoms with van der Waals surface area (Å²) in [4.78, 5) is 15.8. The van der Waals surface area contributed by atoms with Gasteiger partial charge in [0.05, 0.1) is 31.0 Å². The van der Waals surface area contributed by atoms with Crippen LogP contribution in [0, 0.1) is 5.82 Å². The third-order valence-electron chi connectivity index (χ3n) is 3.96. The van der Waals surface area contributed by atoms with Crippen LogP contribution in [-0.4, -0.2) is 25.2 Å². The Hall–Kier alpha value is -2.50. The predicted octanol–water partition coefficient (Wildman–Crippen LogP) is 6.54. The molecule has 5 nitrogen and oxygen atoms in total. The van der Waals surface area contributed by atoms with Crippen molar-refractivity contribution in [3.63, 3.8) is 0 Å². The van der Waals surface area contributed by atoms with Crippen molar-refractivity contribution in [1.29, 1.82) is 0 Å². The summed E-state index contributed by atoms with van der Waals surface area (Å²) < 4.78 is 66.7. The van der Waals surface area contributed by atoms with Gasteiger partial charge in [0.15, 0.2) is 0 Å².